The van der Waals surface area contributed by atoms with E-state index in [0.29, 0.717) is 24.6 Å². The Morgan fingerprint density at radius 1 is 1.45 bits per heavy atom. The Morgan fingerprint density at radius 3 is 2.90 bits per heavy atom. The van der Waals surface area contributed by atoms with Gasteiger partial charge in [-0.2, -0.15) is 0 Å². The second kappa shape index (κ2) is 5.25. The first-order chi connectivity index (χ1) is 9.69. The van der Waals surface area contributed by atoms with Crippen molar-refractivity contribution in [2.45, 2.75) is 19.8 Å². The van der Waals surface area contributed by atoms with Crippen LogP contribution < -0.4 is 0 Å². The van der Waals surface area contributed by atoms with Crippen molar-refractivity contribution in [3.8, 4) is 0 Å². The minimum atomic E-state index is 0.0403. The van der Waals surface area contributed by atoms with Crippen LogP contribution >= 0.6 is 0 Å². The second-order valence-corrected chi connectivity index (χ2v) is 5.44. The van der Waals surface area contributed by atoms with E-state index in [1.807, 2.05) is 30.0 Å². The van der Waals surface area contributed by atoms with Gasteiger partial charge in [0.05, 0.1) is 11.1 Å². The number of H-pyrrole nitrogens is 1. The number of aromatic amines is 1. The molecule has 0 spiro atoms. The van der Waals surface area contributed by atoms with Gasteiger partial charge in [0.2, 0.25) is 0 Å². The molecule has 0 saturated carbocycles. The zero-order valence-corrected chi connectivity index (χ0v) is 11.6. The van der Waals surface area contributed by atoms with Crippen LogP contribution in [0.2, 0.25) is 0 Å². The SMILES string of the molecule is Cc1nc2c(C(=O)N3CCC(CO)CC3)cccc2[nH]1. The number of aliphatic hydroxyl groups is 1. The van der Waals surface area contributed by atoms with Gasteiger partial charge in [0.25, 0.3) is 5.91 Å². The van der Waals surface area contributed by atoms with Gasteiger partial charge in [-0.1, -0.05) is 6.07 Å². The lowest BCUT2D eigenvalue weighted by atomic mass is 9.97. The summed E-state index contributed by atoms with van der Waals surface area (Å²) < 4.78 is 0. The zero-order valence-electron chi connectivity index (χ0n) is 11.6. The van der Waals surface area contributed by atoms with Gasteiger partial charge < -0.3 is 15.0 Å². The van der Waals surface area contributed by atoms with Crippen molar-refractivity contribution >= 4 is 16.9 Å². The molecule has 0 radical (unpaired) electrons. The number of aliphatic hydroxyl groups excluding tert-OH is 1. The van der Waals surface area contributed by atoms with Crippen LogP contribution in [0.3, 0.4) is 0 Å². The quantitative estimate of drug-likeness (QED) is 0.875. The van der Waals surface area contributed by atoms with Gasteiger partial charge in [-0.15, -0.1) is 0 Å². The van der Waals surface area contributed by atoms with E-state index in [1.165, 1.54) is 0 Å². The lowest BCUT2D eigenvalue weighted by Crippen LogP contribution is -2.39. The van der Waals surface area contributed by atoms with Crippen LogP contribution in [0, 0.1) is 12.8 Å². The van der Waals surface area contributed by atoms with Gasteiger partial charge in [-0.05, 0) is 37.8 Å². The fraction of sp³-hybridized carbons (Fsp3) is 0.467. The van der Waals surface area contributed by atoms with Gasteiger partial charge in [0.15, 0.2) is 0 Å². The van der Waals surface area contributed by atoms with Crippen LogP contribution in [0.4, 0.5) is 0 Å². The number of aryl methyl sites for hydroxylation is 1. The third-order valence-electron chi connectivity index (χ3n) is 4.02. The number of aromatic nitrogens is 2. The Kier molecular flexibility index (Phi) is 3.44. The Morgan fingerprint density at radius 2 is 2.20 bits per heavy atom. The van der Waals surface area contributed by atoms with Crippen molar-refractivity contribution in [3.63, 3.8) is 0 Å². The fourth-order valence-corrected chi connectivity index (χ4v) is 2.82. The molecule has 0 atom stereocenters. The van der Waals surface area contributed by atoms with Crippen molar-refractivity contribution in [2.75, 3.05) is 19.7 Å². The number of amides is 1. The van der Waals surface area contributed by atoms with E-state index < -0.39 is 0 Å². The molecule has 2 aromatic rings. The highest BCUT2D eigenvalue weighted by Gasteiger charge is 2.24. The van der Waals surface area contributed by atoms with Crippen molar-refractivity contribution in [1.29, 1.82) is 0 Å². The topological polar surface area (TPSA) is 69.2 Å². The Hall–Kier alpha value is -1.88. The molecule has 0 unspecified atom stereocenters. The highest BCUT2D eigenvalue weighted by molar-refractivity contribution is 6.04. The minimum Gasteiger partial charge on any atom is -0.396 e. The van der Waals surface area contributed by atoms with E-state index in [2.05, 4.69) is 9.97 Å². The van der Waals surface area contributed by atoms with E-state index in [-0.39, 0.29) is 12.5 Å². The van der Waals surface area contributed by atoms with Gasteiger partial charge >= 0.3 is 0 Å². The predicted octanol–water partition coefficient (Wildman–Crippen LogP) is 1.72. The molecule has 1 aromatic carbocycles. The number of imidazole rings is 1. The summed E-state index contributed by atoms with van der Waals surface area (Å²) >= 11 is 0. The lowest BCUT2D eigenvalue weighted by Gasteiger charge is -2.31. The molecule has 3 rings (SSSR count). The molecule has 1 aliphatic heterocycles. The van der Waals surface area contributed by atoms with Crippen molar-refractivity contribution in [1.82, 2.24) is 14.9 Å². The number of carbonyl (C=O) groups is 1. The molecule has 5 nitrogen and oxygen atoms in total. The van der Waals surface area contributed by atoms with Crippen LogP contribution in [0.15, 0.2) is 18.2 Å². The van der Waals surface area contributed by atoms with Gasteiger partial charge in [-0.25, -0.2) is 4.98 Å². The molecule has 5 heteroatoms. The molecule has 1 fully saturated rings. The van der Waals surface area contributed by atoms with E-state index in [1.54, 1.807) is 0 Å². The summed E-state index contributed by atoms with van der Waals surface area (Å²) in [6, 6.07) is 5.65. The minimum absolute atomic E-state index is 0.0403. The number of hydrogen-bond donors (Lipinski definition) is 2. The Labute approximate surface area is 117 Å². The van der Waals surface area contributed by atoms with Gasteiger partial charge in [-0.3, -0.25) is 4.79 Å². The maximum Gasteiger partial charge on any atom is 0.256 e. The molecule has 2 N–H and O–H groups in total. The standard InChI is InChI=1S/C15H19N3O2/c1-10-16-13-4-2-3-12(14(13)17-10)15(20)18-7-5-11(9-19)6-8-18/h2-4,11,19H,5-9H2,1H3,(H,16,17). The number of fused-ring (bicyclic) bond motifs is 1. The van der Waals surface area contributed by atoms with Gasteiger partial charge in [0.1, 0.15) is 11.3 Å². The third kappa shape index (κ3) is 2.29. The number of para-hydroxylation sites is 1. The van der Waals surface area contributed by atoms with Crippen LogP contribution in [0.1, 0.15) is 29.0 Å². The summed E-state index contributed by atoms with van der Waals surface area (Å²) in [5.74, 6) is 1.19. The maximum absolute atomic E-state index is 12.6. The first kappa shape index (κ1) is 13.1. The first-order valence-electron chi connectivity index (χ1n) is 7.04. The number of nitrogens with zero attached hydrogens (tertiary/aromatic N) is 2. The number of hydrogen-bond acceptors (Lipinski definition) is 3. The van der Waals surface area contributed by atoms with Crippen LogP contribution in [-0.4, -0.2) is 45.6 Å². The molecular formula is C15H19N3O2. The van der Waals surface area contributed by atoms with E-state index >= 15 is 0 Å². The number of likely N-dealkylation sites (tertiary alicyclic amines) is 1. The molecule has 1 saturated heterocycles. The molecule has 2 heterocycles. The van der Waals surface area contributed by atoms with E-state index in [9.17, 15) is 4.79 Å². The summed E-state index contributed by atoms with van der Waals surface area (Å²) in [5.41, 5.74) is 2.31. The smallest absolute Gasteiger partial charge is 0.256 e. The van der Waals surface area contributed by atoms with Crippen LogP contribution in [0.5, 0.6) is 0 Å². The second-order valence-electron chi connectivity index (χ2n) is 5.44. The van der Waals surface area contributed by atoms with Crippen molar-refractivity contribution < 1.29 is 9.90 Å². The molecule has 0 aliphatic carbocycles. The molecule has 1 aromatic heterocycles. The summed E-state index contributed by atoms with van der Waals surface area (Å²) in [6.45, 7) is 3.53. The Balaban J connectivity index is 1.86. The number of piperidine rings is 1. The van der Waals surface area contributed by atoms with Crippen LogP contribution in [0.25, 0.3) is 11.0 Å². The molecule has 106 valence electrons. The molecule has 1 aliphatic rings. The first-order valence-corrected chi connectivity index (χ1v) is 7.04. The monoisotopic (exact) mass is 273 g/mol. The lowest BCUT2D eigenvalue weighted by molar-refractivity contribution is 0.0652. The number of nitrogens with one attached hydrogen (secondary N) is 1. The van der Waals surface area contributed by atoms with E-state index in [0.717, 1.165) is 29.7 Å². The normalized spacial score (nSPS) is 16.8. The molecule has 0 bridgehead atoms. The van der Waals surface area contributed by atoms with Crippen molar-refractivity contribution in [2.24, 2.45) is 5.92 Å². The zero-order chi connectivity index (χ0) is 14.1. The Bertz CT molecular complexity index is 627. The maximum atomic E-state index is 12.6. The average Bonchev–Trinajstić information content (AvgIpc) is 2.86. The van der Waals surface area contributed by atoms with Crippen LogP contribution in [-0.2, 0) is 0 Å². The largest absolute Gasteiger partial charge is 0.396 e. The predicted molar refractivity (Wildman–Crippen MR) is 76.5 cm³/mol. The van der Waals surface area contributed by atoms with Crippen molar-refractivity contribution in [3.05, 3.63) is 29.6 Å². The number of benzene rings is 1. The summed E-state index contributed by atoms with van der Waals surface area (Å²) in [4.78, 5) is 22.1. The highest BCUT2D eigenvalue weighted by Crippen LogP contribution is 2.22. The molecular weight excluding hydrogens is 254 g/mol. The highest BCUT2D eigenvalue weighted by atomic mass is 16.3. The summed E-state index contributed by atoms with van der Waals surface area (Å²) in [7, 11) is 0. The average molecular weight is 273 g/mol. The molecule has 20 heavy (non-hydrogen) atoms. The van der Waals surface area contributed by atoms with E-state index in [4.69, 9.17) is 5.11 Å². The molecule has 1 amide bonds. The number of rotatable bonds is 2. The van der Waals surface area contributed by atoms with Gasteiger partial charge in [0, 0.05) is 19.7 Å². The summed E-state index contributed by atoms with van der Waals surface area (Å²) in [5, 5.41) is 9.16. The fourth-order valence-electron chi connectivity index (χ4n) is 2.82. The third-order valence-corrected chi connectivity index (χ3v) is 4.02. The summed E-state index contributed by atoms with van der Waals surface area (Å²) in [6.07, 6.45) is 1.75. The number of carbonyl (C=O) groups excluding carboxylic acids is 1.